The zero-order chi connectivity index (χ0) is 21.6. The number of hydrogen-bond acceptors (Lipinski definition) is 2. The molecule has 0 heterocycles. The molecule has 0 aliphatic heterocycles. The molecule has 1 N–H and O–H groups in total. The molecule has 0 saturated heterocycles. The van der Waals surface area contributed by atoms with Gasteiger partial charge in [-0.15, -0.1) is 0 Å². The Balaban J connectivity index is 2.30. The van der Waals surface area contributed by atoms with Gasteiger partial charge in [-0.05, 0) is 43.0 Å². The summed E-state index contributed by atoms with van der Waals surface area (Å²) in [6.07, 6.45) is 0.205. The predicted molar refractivity (Wildman–Crippen MR) is 119 cm³/mol. The lowest BCUT2D eigenvalue weighted by Crippen LogP contribution is -2.48. The normalized spacial score (nSPS) is 12.0. The van der Waals surface area contributed by atoms with Gasteiger partial charge in [0.1, 0.15) is 6.04 Å². The molecule has 0 bridgehead atoms. The van der Waals surface area contributed by atoms with Crippen molar-refractivity contribution in [1.29, 1.82) is 0 Å². The first-order valence-electron chi connectivity index (χ1n) is 9.75. The maximum atomic E-state index is 13.2. The molecule has 156 valence electrons. The van der Waals surface area contributed by atoms with Gasteiger partial charge < -0.3 is 10.2 Å². The van der Waals surface area contributed by atoms with Crippen molar-refractivity contribution in [3.05, 3.63) is 69.2 Å². The molecule has 0 radical (unpaired) electrons. The lowest BCUT2D eigenvalue weighted by Gasteiger charge is -2.30. The van der Waals surface area contributed by atoms with E-state index in [1.54, 1.807) is 30.0 Å². The third-order valence-electron chi connectivity index (χ3n) is 4.84. The fourth-order valence-corrected chi connectivity index (χ4v) is 3.48. The smallest absolute Gasteiger partial charge is 0.242 e. The van der Waals surface area contributed by atoms with Crippen LogP contribution in [-0.4, -0.2) is 29.3 Å². The molecule has 0 aliphatic carbocycles. The Morgan fingerprint density at radius 3 is 2.21 bits per heavy atom. The van der Waals surface area contributed by atoms with Gasteiger partial charge >= 0.3 is 0 Å². The largest absolute Gasteiger partial charge is 0.354 e. The summed E-state index contributed by atoms with van der Waals surface area (Å²) in [5.41, 5.74) is 2.61. The fourth-order valence-electron chi connectivity index (χ4n) is 2.96. The lowest BCUT2D eigenvalue weighted by atomic mass is 10.0. The predicted octanol–water partition coefficient (Wildman–Crippen LogP) is 5.03. The average molecular weight is 435 g/mol. The summed E-state index contributed by atoms with van der Waals surface area (Å²) in [6, 6.07) is 12.3. The highest BCUT2D eigenvalue weighted by molar-refractivity contribution is 6.36. The highest BCUT2D eigenvalue weighted by Gasteiger charge is 2.27. The first-order valence-corrected chi connectivity index (χ1v) is 10.5. The van der Waals surface area contributed by atoms with Gasteiger partial charge in [-0.1, -0.05) is 67.4 Å². The van der Waals surface area contributed by atoms with E-state index in [-0.39, 0.29) is 24.8 Å². The molecule has 2 amide bonds. The Hall–Kier alpha value is -2.04. The van der Waals surface area contributed by atoms with Crippen LogP contribution in [0, 0.1) is 12.8 Å². The third-order valence-corrected chi connectivity index (χ3v) is 5.55. The second-order valence-electron chi connectivity index (χ2n) is 7.64. The molecule has 4 nitrogen and oxygen atoms in total. The first kappa shape index (κ1) is 23.2. The van der Waals surface area contributed by atoms with Crippen molar-refractivity contribution >= 4 is 35.0 Å². The second kappa shape index (κ2) is 10.7. The summed E-state index contributed by atoms with van der Waals surface area (Å²) < 4.78 is 0. The monoisotopic (exact) mass is 434 g/mol. The Morgan fingerprint density at radius 2 is 1.62 bits per heavy atom. The number of aryl methyl sites for hydroxylation is 1. The van der Waals surface area contributed by atoms with Crippen LogP contribution >= 0.6 is 23.2 Å². The van der Waals surface area contributed by atoms with Gasteiger partial charge in [0.2, 0.25) is 11.8 Å². The molecule has 0 fully saturated rings. The minimum Gasteiger partial charge on any atom is -0.354 e. The van der Waals surface area contributed by atoms with Gasteiger partial charge in [0, 0.05) is 28.7 Å². The Kier molecular flexibility index (Phi) is 8.54. The number of nitrogens with zero attached hydrogens (tertiary/aromatic N) is 1. The number of amides is 2. The van der Waals surface area contributed by atoms with Gasteiger partial charge in [0.15, 0.2) is 0 Å². The maximum absolute atomic E-state index is 13.2. The van der Waals surface area contributed by atoms with Crippen LogP contribution in [0.3, 0.4) is 0 Å². The molecule has 29 heavy (non-hydrogen) atoms. The number of halogens is 2. The Morgan fingerprint density at radius 1 is 1.00 bits per heavy atom. The summed E-state index contributed by atoms with van der Waals surface area (Å²) in [5.74, 6) is -0.0252. The van der Waals surface area contributed by atoms with Crippen LogP contribution in [0.25, 0.3) is 0 Å². The van der Waals surface area contributed by atoms with Crippen LogP contribution in [0.5, 0.6) is 0 Å². The summed E-state index contributed by atoms with van der Waals surface area (Å²) >= 11 is 12.7. The minimum atomic E-state index is -0.655. The van der Waals surface area contributed by atoms with Gasteiger partial charge in [-0.3, -0.25) is 9.59 Å². The summed E-state index contributed by atoms with van der Waals surface area (Å²) in [7, 11) is 0. The molecule has 6 heteroatoms. The van der Waals surface area contributed by atoms with Crippen LogP contribution < -0.4 is 5.32 Å². The Bertz CT molecular complexity index is 847. The van der Waals surface area contributed by atoms with E-state index < -0.39 is 6.04 Å². The van der Waals surface area contributed by atoms with Gasteiger partial charge in [0.25, 0.3) is 0 Å². The lowest BCUT2D eigenvalue weighted by molar-refractivity contribution is -0.140. The minimum absolute atomic E-state index is 0.150. The fraction of sp³-hybridized carbons (Fsp3) is 0.391. The molecule has 2 rings (SSSR count). The molecular weight excluding hydrogens is 407 g/mol. The van der Waals surface area contributed by atoms with Crippen LogP contribution in [0.2, 0.25) is 10.0 Å². The zero-order valence-corrected chi connectivity index (χ0v) is 18.8. The van der Waals surface area contributed by atoms with Crippen molar-refractivity contribution in [2.24, 2.45) is 5.92 Å². The van der Waals surface area contributed by atoms with Crippen LogP contribution in [0.1, 0.15) is 37.5 Å². The van der Waals surface area contributed by atoms with Crippen molar-refractivity contribution in [1.82, 2.24) is 10.2 Å². The number of carbonyl (C=O) groups is 2. The zero-order valence-electron chi connectivity index (χ0n) is 17.3. The molecule has 0 aromatic heterocycles. The summed E-state index contributed by atoms with van der Waals surface area (Å²) in [4.78, 5) is 27.5. The van der Waals surface area contributed by atoms with Gasteiger partial charge in [-0.2, -0.15) is 0 Å². The number of carbonyl (C=O) groups excluding carboxylic acids is 2. The molecule has 2 aromatic rings. The second-order valence-corrected chi connectivity index (χ2v) is 8.45. The SMILES string of the molecule is Cc1ccccc1CC(=O)N(Cc1c(Cl)cccc1Cl)[C@H](C)C(=O)NCC(C)C. The van der Waals surface area contributed by atoms with E-state index in [1.807, 2.05) is 45.0 Å². The van der Waals surface area contributed by atoms with E-state index in [0.29, 0.717) is 28.1 Å². The molecular formula is C23H28Cl2N2O2. The maximum Gasteiger partial charge on any atom is 0.242 e. The van der Waals surface area contributed by atoms with Crippen LogP contribution in [0.15, 0.2) is 42.5 Å². The van der Waals surface area contributed by atoms with E-state index in [4.69, 9.17) is 23.2 Å². The number of hydrogen-bond donors (Lipinski definition) is 1. The average Bonchev–Trinajstić information content (AvgIpc) is 2.67. The van der Waals surface area contributed by atoms with Gasteiger partial charge in [-0.25, -0.2) is 0 Å². The molecule has 0 saturated carbocycles. The Labute approximate surface area is 183 Å². The first-order chi connectivity index (χ1) is 13.7. The number of nitrogens with one attached hydrogen (secondary N) is 1. The summed E-state index contributed by atoms with van der Waals surface area (Å²) in [5, 5.41) is 3.85. The van der Waals surface area contributed by atoms with Crippen LogP contribution in [-0.2, 0) is 22.6 Å². The third kappa shape index (κ3) is 6.48. The topological polar surface area (TPSA) is 49.4 Å². The van der Waals surface area contributed by atoms with Gasteiger partial charge in [0.05, 0.1) is 6.42 Å². The standard InChI is InChI=1S/C23H28Cl2N2O2/c1-15(2)13-26-23(29)17(4)27(14-19-20(24)10-7-11-21(19)25)22(28)12-18-9-6-5-8-16(18)3/h5-11,15,17H,12-14H2,1-4H3,(H,26,29)/t17-/m1/s1. The van der Waals surface area contributed by atoms with Crippen molar-refractivity contribution in [2.45, 2.75) is 46.7 Å². The quantitative estimate of drug-likeness (QED) is 0.632. The number of rotatable bonds is 8. The number of benzene rings is 2. The molecule has 1 atom stereocenters. The molecule has 0 unspecified atom stereocenters. The van der Waals surface area contributed by atoms with E-state index in [1.165, 1.54) is 0 Å². The molecule has 0 spiro atoms. The van der Waals surface area contributed by atoms with Crippen molar-refractivity contribution in [2.75, 3.05) is 6.54 Å². The molecule has 0 aliphatic rings. The highest BCUT2D eigenvalue weighted by Crippen LogP contribution is 2.27. The molecule has 2 aromatic carbocycles. The van der Waals surface area contributed by atoms with E-state index in [9.17, 15) is 9.59 Å². The highest BCUT2D eigenvalue weighted by atomic mass is 35.5. The van der Waals surface area contributed by atoms with E-state index >= 15 is 0 Å². The van der Waals surface area contributed by atoms with Crippen molar-refractivity contribution < 1.29 is 9.59 Å². The van der Waals surface area contributed by atoms with Crippen molar-refractivity contribution in [3.8, 4) is 0 Å². The summed E-state index contributed by atoms with van der Waals surface area (Å²) in [6.45, 7) is 8.47. The van der Waals surface area contributed by atoms with Crippen molar-refractivity contribution in [3.63, 3.8) is 0 Å². The van der Waals surface area contributed by atoms with Crippen LogP contribution in [0.4, 0.5) is 0 Å². The van der Waals surface area contributed by atoms with E-state index in [2.05, 4.69) is 5.32 Å². The van der Waals surface area contributed by atoms with E-state index in [0.717, 1.165) is 11.1 Å².